The van der Waals surface area contributed by atoms with E-state index in [9.17, 15) is 4.79 Å². The highest BCUT2D eigenvalue weighted by Gasteiger charge is 2.12. The minimum Gasteiger partial charge on any atom is -0.489 e. The van der Waals surface area contributed by atoms with Crippen LogP contribution in [0.5, 0.6) is 11.5 Å². The second-order valence-electron chi connectivity index (χ2n) is 6.22. The number of para-hydroxylation sites is 1. The van der Waals surface area contributed by atoms with Crippen LogP contribution in [0, 0.1) is 6.92 Å². The molecule has 0 aliphatic rings. The molecule has 7 heteroatoms. The predicted molar refractivity (Wildman–Crippen MR) is 109 cm³/mol. The van der Waals surface area contributed by atoms with E-state index in [0.717, 1.165) is 27.7 Å². The molecule has 0 fully saturated rings. The molecule has 0 aliphatic carbocycles. The number of aromatic nitrogens is 1. The number of ether oxygens (including phenoxy) is 3. The van der Waals surface area contributed by atoms with Gasteiger partial charge in [0.25, 0.3) is 5.91 Å². The zero-order valence-electron chi connectivity index (χ0n) is 15.7. The number of nitrogens with zero attached hydrogens (tertiary/aromatic N) is 1. The maximum Gasteiger partial charge on any atom is 0.255 e. The zero-order valence-corrected chi connectivity index (χ0v) is 16.5. The van der Waals surface area contributed by atoms with Crippen molar-refractivity contribution >= 4 is 28.4 Å². The molecule has 0 radical (unpaired) electrons. The van der Waals surface area contributed by atoms with Crippen molar-refractivity contribution in [3.8, 4) is 22.8 Å². The van der Waals surface area contributed by atoms with Crippen molar-refractivity contribution < 1.29 is 19.0 Å². The van der Waals surface area contributed by atoms with Gasteiger partial charge in [-0.05, 0) is 42.8 Å². The summed E-state index contributed by atoms with van der Waals surface area (Å²) in [6.45, 7) is 2.74. The Morgan fingerprint density at radius 3 is 2.64 bits per heavy atom. The van der Waals surface area contributed by atoms with Gasteiger partial charge in [-0.3, -0.25) is 4.79 Å². The number of nitrogens with two attached hydrogens (primary N) is 1. The molecule has 1 aromatic heterocycles. The Bertz CT molecular complexity index is 1010. The highest BCUT2D eigenvalue weighted by molar-refractivity contribution is 6.32. The highest BCUT2D eigenvalue weighted by Crippen LogP contribution is 2.33. The minimum atomic E-state index is -0.562. The molecule has 0 bridgehead atoms. The molecule has 3 rings (SSSR count). The first-order chi connectivity index (χ1) is 13.5. The van der Waals surface area contributed by atoms with E-state index in [-0.39, 0.29) is 6.61 Å². The molecule has 0 saturated carbocycles. The summed E-state index contributed by atoms with van der Waals surface area (Å²) in [5.41, 5.74) is 8.54. The van der Waals surface area contributed by atoms with Crippen LogP contribution >= 0.6 is 11.6 Å². The van der Waals surface area contributed by atoms with Crippen molar-refractivity contribution in [1.29, 1.82) is 0 Å². The smallest absolute Gasteiger partial charge is 0.255 e. The number of fused-ring (bicyclic) bond motifs is 1. The Labute approximate surface area is 168 Å². The molecule has 3 aromatic rings. The lowest BCUT2D eigenvalue weighted by Gasteiger charge is -2.13. The van der Waals surface area contributed by atoms with Crippen LogP contribution in [0.1, 0.15) is 5.56 Å². The summed E-state index contributed by atoms with van der Waals surface area (Å²) in [6, 6.07) is 13.1. The third kappa shape index (κ3) is 4.52. The number of carbonyl (C=O) groups is 1. The van der Waals surface area contributed by atoms with E-state index >= 15 is 0 Å². The summed E-state index contributed by atoms with van der Waals surface area (Å²) in [5.74, 6) is 0.533. The summed E-state index contributed by atoms with van der Waals surface area (Å²) in [7, 11) is 1.63. The van der Waals surface area contributed by atoms with Gasteiger partial charge in [-0.1, -0.05) is 23.7 Å². The zero-order chi connectivity index (χ0) is 20.1. The second-order valence-corrected chi connectivity index (χ2v) is 6.63. The first kappa shape index (κ1) is 19.9. The Morgan fingerprint density at radius 2 is 1.93 bits per heavy atom. The molecule has 146 valence electrons. The van der Waals surface area contributed by atoms with Crippen molar-refractivity contribution in [1.82, 2.24) is 4.98 Å². The molecule has 2 aromatic carbocycles. The molecule has 6 nitrogen and oxygen atoms in total. The summed E-state index contributed by atoms with van der Waals surface area (Å²) in [4.78, 5) is 15.7. The lowest BCUT2D eigenvalue weighted by Crippen LogP contribution is -2.20. The Hall–Kier alpha value is -2.83. The lowest BCUT2D eigenvalue weighted by atomic mass is 10.0. The van der Waals surface area contributed by atoms with Crippen LogP contribution in [0.25, 0.3) is 22.2 Å². The summed E-state index contributed by atoms with van der Waals surface area (Å²) in [5, 5.41) is 1.40. The minimum absolute atomic E-state index is 0.228. The standard InChI is InChI=1S/C21H21ClN2O4/c1-13-10-17(14-6-7-18(16(22)11-14)28-12-20(23)25)24-21-15(13)4-3-5-19(21)27-9-8-26-2/h3-7,10-11H,8-9,12H2,1-2H3,(H2,23,25). The van der Waals surface area contributed by atoms with Gasteiger partial charge in [0.2, 0.25) is 0 Å². The molecule has 0 spiro atoms. The molecule has 0 atom stereocenters. The number of rotatable bonds is 8. The van der Waals surface area contributed by atoms with E-state index in [1.807, 2.05) is 37.3 Å². The van der Waals surface area contributed by atoms with Gasteiger partial charge in [-0.25, -0.2) is 4.98 Å². The van der Waals surface area contributed by atoms with Gasteiger partial charge in [0.15, 0.2) is 6.61 Å². The molecular weight excluding hydrogens is 380 g/mol. The van der Waals surface area contributed by atoms with Crippen molar-refractivity contribution in [2.45, 2.75) is 6.92 Å². The van der Waals surface area contributed by atoms with Gasteiger partial charge in [-0.15, -0.1) is 0 Å². The van der Waals surface area contributed by atoms with Crippen molar-refractivity contribution in [3.63, 3.8) is 0 Å². The van der Waals surface area contributed by atoms with Gasteiger partial charge >= 0.3 is 0 Å². The second kappa shape index (κ2) is 8.91. The molecule has 0 unspecified atom stereocenters. The predicted octanol–water partition coefficient (Wildman–Crippen LogP) is 3.75. The summed E-state index contributed by atoms with van der Waals surface area (Å²) < 4.78 is 16.2. The monoisotopic (exact) mass is 400 g/mol. The molecule has 0 aliphatic heterocycles. The van der Waals surface area contributed by atoms with E-state index in [2.05, 4.69) is 0 Å². The first-order valence-corrected chi connectivity index (χ1v) is 9.10. The maximum atomic E-state index is 10.9. The van der Waals surface area contributed by atoms with Crippen LogP contribution in [0.15, 0.2) is 42.5 Å². The van der Waals surface area contributed by atoms with E-state index in [1.54, 1.807) is 19.2 Å². The van der Waals surface area contributed by atoms with Crippen LogP contribution in [-0.2, 0) is 9.53 Å². The number of primary amides is 1. The average molecular weight is 401 g/mol. The van der Waals surface area contributed by atoms with Gasteiger partial charge < -0.3 is 19.9 Å². The molecule has 0 saturated heterocycles. The maximum absolute atomic E-state index is 10.9. The Morgan fingerprint density at radius 1 is 1.11 bits per heavy atom. The number of aryl methyl sites for hydroxylation is 1. The first-order valence-electron chi connectivity index (χ1n) is 8.72. The van der Waals surface area contributed by atoms with Gasteiger partial charge in [0, 0.05) is 18.1 Å². The number of hydrogen-bond acceptors (Lipinski definition) is 5. The fraction of sp³-hybridized carbons (Fsp3) is 0.238. The fourth-order valence-corrected chi connectivity index (χ4v) is 3.05. The van der Waals surface area contributed by atoms with Crippen molar-refractivity contribution in [2.75, 3.05) is 26.9 Å². The number of amides is 1. The molecule has 28 heavy (non-hydrogen) atoms. The lowest BCUT2D eigenvalue weighted by molar-refractivity contribution is -0.119. The number of carbonyl (C=O) groups excluding carboxylic acids is 1. The SMILES string of the molecule is COCCOc1cccc2c(C)cc(-c3ccc(OCC(N)=O)c(Cl)c3)nc12. The van der Waals surface area contributed by atoms with E-state index in [4.69, 9.17) is 36.5 Å². The number of pyridine rings is 1. The van der Waals surface area contributed by atoms with Crippen molar-refractivity contribution in [2.24, 2.45) is 5.73 Å². The number of halogens is 1. The van der Waals surface area contributed by atoms with E-state index in [0.29, 0.717) is 29.7 Å². The van der Waals surface area contributed by atoms with Crippen LogP contribution in [0.2, 0.25) is 5.02 Å². The van der Waals surface area contributed by atoms with E-state index < -0.39 is 5.91 Å². The van der Waals surface area contributed by atoms with Crippen molar-refractivity contribution in [3.05, 3.63) is 53.1 Å². The normalized spacial score (nSPS) is 10.8. The Kier molecular flexibility index (Phi) is 6.34. The van der Waals surface area contributed by atoms with Crippen LogP contribution in [0.3, 0.4) is 0 Å². The van der Waals surface area contributed by atoms with Crippen LogP contribution in [0.4, 0.5) is 0 Å². The third-order valence-electron chi connectivity index (χ3n) is 4.15. The molecule has 2 N–H and O–H groups in total. The van der Waals surface area contributed by atoms with Gasteiger partial charge in [0.05, 0.1) is 17.3 Å². The fourth-order valence-electron chi connectivity index (χ4n) is 2.82. The number of hydrogen-bond donors (Lipinski definition) is 1. The van der Waals surface area contributed by atoms with Crippen LogP contribution < -0.4 is 15.2 Å². The average Bonchev–Trinajstić information content (AvgIpc) is 2.67. The number of benzene rings is 2. The van der Waals surface area contributed by atoms with E-state index in [1.165, 1.54) is 0 Å². The highest BCUT2D eigenvalue weighted by atomic mass is 35.5. The topological polar surface area (TPSA) is 83.7 Å². The largest absolute Gasteiger partial charge is 0.489 e. The Balaban J connectivity index is 1.97. The quantitative estimate of drug-likeness (QED) is 0.582. The molecular formula is C21H21ClN2O4. The number of methoxy groups -OCH3 is 1. The summed E-state index contributed by atoms with van der Waals surface area (Å²) >= 11 is 6.29. The molecule has 1 amide bonds. The van der Waals surface area contributed by atoms with Gasteiger partial charge in [-0.2, -0.15) is 0 Å². The summed E-state index contributed by atoms with van der Waals surface area (Å²) in [6.07, 6.45) is 0. The van der Waals surface area contributed by atoms with Crippen LogP contribution in [-0.4, -0.2) is 37.8 Å². The third-order valence-corrected chi connectivity index (χ3v) is 4.45. The molecule has 1 heterocycles. The van der Waals surface area contributed by atoms with Gasteiger partial charge in [0.1, 0.15) is 23.6 Å².